The Morgan fingerprint density at radius 1 is 1.29 bits per heavy atom. The van der Waals surface area contributed by atoms with Crippen molar-refractivity contribution in [2.45, 2.75) is 20.0 Å². The van der Waals surface area contributed by atoms with Crippen LogP contribution in [0.1, 0.15) is 25.0 Å². The standard InChI is InChI=1S/C13H14F3N/c1-8(2)9(3)11-6-5-10(13(14,15)16)7-12(11)17-4/h5-8H,3-4H2,1-2H3. The second-order valence-electron chi connectivity index (χ2n) is 4.07. The largest absolute Gasteiger partial charge is 0.416 e. The highest BCUT2D eigenvalue weighted by Crippen LogP contribution is 2.36. The lowest BCUT2D eigenvalue weighted by Crippen LogP contribution is -2.05. The molecule has 0 heterocycles. The summed E-state index contributed by atoms with van der Waals surface area (Å²) in [4.78, 5) is 3.64. The monoisotopic (exact) mass is 241 g/mol. The van der Waals surface area contributed by atoms with Crippen molar-refractivity contribution in [2.24, 2.45) is 10.9 Å². The van der Waals surface area contributed by atoms with Gasteiger partial charge in [0.2, 0.25) is 0 Å². The van der Waals surface area contributed by atoms with Gasteiger partial charge in [0.05, 0.1) is 11.3 Å². The summed E-state index contributed by atoms with van der Waals surface area (Å²) in [6.45, 7) is 11.0. The maximum absolute atomic E-state index is 12.5. The molecule has 0 fully saturated rings. The topological polar surface area (TPSA) is 12.4 Å². The first-order valence-electron chi connectivity index (χ1n) is 5.14. The lowest BCUT2D eigenvalue weighted by atomic mass is 9.94. The van der Waals surface area contributed by atoms with Gasteiger partial charge in [0.25, 0.3) is 0 Å². The lowest BCUT2D eigenvalue weighted by Gasteiger charge is -2.14. The molecule has 0 unspecified atom stereocenters. The van der Waals surface area contributed by atoms with Crippen molar-refractivity contribution in [3.63, 3.8) is 0 Å². The minimum Gasteiger partial charge on any atom is -0.264 e. The second-order valence-corrected chi connectivity index (χ2v) is 4.07. The Hall–Kier alpha value is -1.58. The second kappa shape index (κ2) is 4.73. The van der Waals surface area contributed by atoms with Gasteiger partial charge in [-0.25, -0.2) is 0 Å². The van der Waals surface area contributed by atoms with Crippen molar-refractivity contribution in [3.05, 3.63) is 35.9 Å². The molecule has 1 rings (SSSR count). The zero-order valence-electron chi connectivity index (χ0n) is 9.80. The maximum atomic E-state index is 12.5. The zero-order chi connectivity index (χ0) is 13.2. The third-order valence-electron chi connectivity index (χ3n) is 2.54. The molecule has 0 saturated heterocycles. The highest BCUT2D eigenvalue weighted by atomic mass is 19.4. The third-order valence-corrected chi connectivity index (χ3v) is 2.54. The summed E-state index contributed by atoms with van der Waals surface area (Å²) in [6, 6.07) is 3.43. The Bertz CT molecular complexity index is 444. The summed E-state index contributed by atoms with van der Waals surface area (Å²) in [5.74, 6) is 0.146. The van der Waals surface area contributed by atoms with Crippen LogP contribution in [0.15, 0.2) is 29.8 Å². The number of hydrogen-bond acceptors (Lipinski definition) is 1. The van der Waals surface area contributed by atoms with E-state index in [9.17, 15) is 13.2 Å². The summed E-state index contributed by atoms with van der Waals surface area (Å²) in [5, 5.41) is 0. The molecular formula is C13H14F3N. The minimum atomic E-state index is -4.36. The fourth-order valence-corrected chi connectivity index (χ4v) is 1.42. The minimum absolute atomic E-state index is 0.146. The van der Waals surface area contributed by atoms with E-state index in [2.05, 4.69) is 18.3 Å². The quantitative estimate of drug-likeness (QED) is 0.680. The van der Waals surface area contributed by atoms with Gasteiger partial charge in [-0.1, -0.05) is 26.5 Å². The molecule has 0 aliphatic rings. The van der Waals surface area contributed by atoms with Crippen LogP contribution >= 0.6 is 0 Å². The van der Waals surface area contributed by atoms with E-state index < -0.39 is 11.7 Å². The highest BCUT2D eigenvalue weighted by Gasteiger charge is 2.31. The molecule has 0 N–H and O–H groups in total. The fraction of sp³-hybridized carbons (Fsp3) is 0.308. The van der Waals surface area contributed by atoms with Gasteiger partial charge >= 0.3 is 6.18 Å². The smallest absolute Gasteiger partial charge is 0.264 e. The van der Waals surface area contributed by atoms with Crippen molar-refractivity contribution >= 4 is 18.0 Å². The Morgan fingerprint density at radius 3 is 2.29 bits per heavy atom. The third kappa shape index (κ3) is 2.96. The Balaban J connectivity index is 3.29. The number of alkyl halides is 3. The van der Waals surface area contributed by atoms with Gasteiger partial charge in [-0.2, -0.15) is 13.2 Å². The van der Waals surface area contributed by atoms with E-state index in [0.29, 0.717) is 5.56 Å². The maximum Gasteiger partial charge on any atom is 0.416 e. The van der Waals surface area contributed by atoms with Crippen LogP contribution in [-0.2, 0) is 6.18 Å². The predicted octanol–water partition coefficient (Wildman–Crippen LogP) is 4.71. The first kappa shape index (κ1) is 13.5. The molecule has 0 aliphatic carbocycles. The highest BCUT2D eigenvalue weighted by molar-refractivity contribution is 5.75. The van der Waals surface area contributed by atoms with Crippen LogP contribution < -0.4 is 0 Å². The van der Waals surface area contributed by atoms with Crippen LogP contribution in [-0.4, -0.2) is 6.72 Å². The first-order valence-corrected chi connectivity index (χ1v) is 5.14. The SMILES string of the molecule is C=Nc1cc(C(F)(F)F)ccc1C(=C)C(C)C. The number of nitrogens with zero attached hydrogens (tertiary/aromatic N) is 1. The van der Waals surface area contributed by atoms with Crippen molar-refractivity contribution in [1.29, 1.82) is 0 Å². The fourth-order valence-electron chi connectivity index (χ4n) is 1.42. The normalized spacial score (nSPS) is 11.6. The molecule has 0 aliphatic heterocycles. The van der Waals surface area contributed by atoms with Gasteiger partial charge in [-0.15, -0.1) is 0 Å². The van der Waals surface area contributed by atoms with E-state index in [1.165, 1.54) is 6.07 Å². The summed E-state index contributed by atoms with van der Waals surface area (Å²) in [7, 11) is 0. The molecule has 0 aromatic heterocycles. The van der Waals surface area contributed by atoms with E-state index in [0.717, 1.165) is 17.7 Å². The van der Waals surface area contributed by atoms with Crippen LogP contribution in [0.5, 0.6) is 0 Å². The molecule has 0 amide bonds. The van der Waals surface area contributed by atoms with Gasteiger partial charge in [-0.05, 0) is 30.3 Å². The lowest BCUT2D eigenvalue weighted by molar-refractivity contribution is -0.137. The molecule has 1 nitrogen and oxygen atoms in total. The summed E-state index contributed by atoms with van der Waals surface area (Å²) in [5.41, 5.74) is 0.864. The predicted molar refractivity (Wildman–Crippen MR) is 64.5 cm³/mol. The van der Waals surface area contributed by atoms with E-state index in [1.54, 1.807) is 0 Å². The summed E-state index contributed by atoms with van der Waals surface area (Å²) in [6.07, 6.45) is -4.36. The molecule has 0 spiro atoms. The van der Waals surface area contributed by atoms with Gasteiger partial charge in [-0.3, -0.25) is 4.99 Å². The molecule has 1 aromatic rings. The summed E-state index contributed by atoms with van der Waals surface area (Å²) < 4.78 is 37.5. The van der Waals surface area contributed by atoms with Crippen molar-refractivity contribution in [3.8, 4) is 0 Å². The van der Waals surface area contributed by atoms with E-state index in [1.807, 2.05) is 13.8 Å². The Kier molecular flexibility index (Phi) is 3.76. The molecule has 0 atom stereocenters. The Morgan fingerprint density at radius 2 is 1.88 bits per heavy atom. The van der Waals surface area contributed by atoms with Crippen molar-refractivity contribution in [2.75, 3.05) is 0 Å². The molecule has 4 heteroatoms. The van der Waals surface area contributed by atoms with Crippen LogP contribution in [0.4, 0.5) is 18.9 Å². The Labute approximate surface area is 98.7 Å². The average molecular weight is 241 g/mol. The number of benzene rings is 1. The van der Waals surface area contributed by atoms with Gasteiger partial charge in [0.15, 0.2) is 0 Å². The van der Waals surface area contributed by atoms with Crippen LogP contribution in [0.3, 0.4) is 0 Å². The van der Waals surface area contributed by atoms with Crippen LogP contribution in [0, 0.1) is 5.92 Å². The van der Waals surface area contributed by atoms with Gasteiger partial charge in [0.1, 0.15) is 0 Å². The molecule has 0 radical (unpaired) electrons. The summed E-state index contributed by atoms with van der Waals surface area (Å²) >= 11 is 0. The number of hydrogen-bond donors (Lipinski definition) is 0. The van der Waals surface area contributed by atoms with Crippen LogP contribution in [0.25, 0.3) is 5.57 Å². The number of aliphatic imine (C=N–C) groups is 1. The van der Waals surface area contributed by atoms with Crippen molar-refractivity contribution in [1.82, 2.24) is 0 Å². The zero-order valence-corrected chi connectivity index (χ0v) is 9.80. The number of rotatable bonds is 3. The molecular weight excluding hydrogens is 227 g/mol. The van der Waals surface area contributed by atoms with Gasteiger partial charge < -0.3 is 0 Å². The molecule has 17 heavy (non-hydrogen) atoms. The number of allylic oxidation sites excluding steroid dienone is 1. The first-order chi connectivity index (χ1) is 7.77. The van der Waals surface area contributed by atoms with Crippen LogP contribution in [0.2, 0.25) is 0 Å². The molecule has 92 valence electrons. The molecule has 1 aromatic carbocycles. The average Bonchev–Trinajstić information content (AvgIpc) is 2.25. The van der Waals surface area contributed by atoms with E-state index in [-0.39, 0.29) is 11.6 Å². The van der Waals surface area contributed by atoms with Crippen molar-refractivity contribution < 1.29 is 13.2 Å². The van der Waals surface area contributed by atoms with E-state index >= 15 is 0 Å². The van der Waals surface area contributed by atoms with Gasteiger partial charge in [0, 0.05) is 5.56 Å². The number of halogens is 3. The molecule has 0 saturated carbocycles. The van der Waals surface area contributed by atoms with E-state index in [4.69, 9.17) is 0 Å². The molecule has 0 bridgehead atoms.